The second-order valence-electron chi connectivity index (χ2n) is 8.56. The van der Waals surface area contributed by atoms with Gasteiger partial charge in [0.05, 0.1) is 0 Å². The van der Waals surface area contributed by atoms with E-state index in [4.69, 9.17) is 14.6 Å². The average Bonchev–Trinajstić information content (AvgIpc) is 2.76. The maximum atomic E-state index is 13.0. The summed E-state index contributed by atoms with van der Waals surface area (Å²) in [6.07, 6.45) is 0.233. The van der Waals surface area contributed by atoms with Crippen molar-refractivity contribution in [1.82, 2.24) is 0 Å². The van der Waals surface area contributed by atoms with Crippen molar-refractivity contribution < 1.29 is 24.2 Å². The Morgan fingerprint density at radius 2 is 1.53 bits per heavy atom. The Kier molecular flexibility index (Phi) is 7.31. The third-order valence-electron chi connectivity index (χ3n) is 4.71. The number of carbonyl (C=O) groups is 2. The highest BCUT2D eigenvalue weighted by atomic mass is 16.5. The first-order valence-electron chi connectivity index (χ1n) is 10.6. The van der Waals surface area contributed by atoms with Gasteiger partial charge in [0, 0.05) is 17.5 Å². The number of ether oxygens (including phenoxy) is 2. The molecule has 0 fully saturated rings. The van der Waals surface area contributed by atoms with Crippen molar-refractivity contribution in [2.75, 3.05) is 0 Å². The SMILES string of the molecule is CC(C)(C)Oc1ccc(C(=O)c2ccc(OCc3ccccc3)c(CCC(=O)O)c2)cc1. The van der Waals surface area contributed by atoms with E-state index in [1.807, 2.05) is 51.1 Å². The van der Waals surface area contributed by atoms with Gasteiger partial charge >= 0.3 is 5.97 Å². The summed E-state index contributed by atoms with van der Waals surface area (Å²) in [6.45, 7) is 6.26. The summed E-state index contributed by atoms with van der Waals surface area (Å²) in [5.74, 6) is 0.241. The first-order chi connectivity index (χ1) is 15.2. The van der Waals surface area contributed by atoms with Gasteiger partial charge in [-0.2, -0.15) is 0 Å². The molecule has 0 radical (unpaired) electrons. The smallest absolute Gasteiger partial charge is 0.303 e. The zero-order chi connectivity index (χ0) is 23.1. The molecule has 0 bridgehead atoms. The molecule has 166 valence electrons. The highest BCUT2D eigenvalue weighted by molar-refractivity contribution is 6.09. The number of carbonyl (C=O) groups excluding carboxylic acids is 1. The van der Waals surface area contributed by atoms with Crippen molar-refractivity contribution in [2.45, 2.75) is 45.8 Å². The van der Waals surface area contributed by atoms with Gasteiger partial charge in [-0.05, 0) is 80.8 Å². The standard InChI is InChI=1S/C27H28O5/c1-27(2,3)32-23-13-9-20(10-14-23)26(30)22-11-15-24(21(17-22)12-16-25(28)29)31-18-19-7-5-4-6-8-19/h4-11,13-15,17H,12,16,18H2,1-3H3,(H,28,29). The number of hydrogen-bond acceptors (Lipinski definition) is 4. The number of carboxylic acid groups (broad SMARTS) is 1. The van der Waals surface area contributed by atoms with Gasteiger partial charge in [-0.15, -0.1) is 0 Å². The summed E-state index contributed by atoms with van der Waals surface area (Å²) in [4.78, 5) is 24.1. The molecule has 0 spiro atoms. The fourth-order valence-corrected chi connectivity index (χ4v) is 3.23. The molecule has 5 heteroatoms. The number of benzene rings is 3. The van der Waals surface area contributed by atoms with Crippen LogP contribution in [-0.4, -0.2) is 22.5 Å². The molecule has 0 aliphatic carbocycles. The lowest BCUT2D eigenvalue weighted by Gasteiger charge is -2.21. The predicted octanol–water partition coefficient (Wildman–Crippen LogP) is 5.69. The van der Waals surface area contributed by atoms with Gasteiger partial charge in [-0.25, -0.2) is 0 Å². The Hall–Kier alpha value is -3.60. The van der Waals surface area contributed by atoms with Crippen LogP contribution in [0.5, 0.6) is 11.5 Å². The number of aliphatic carboxylic acids is 1. The van der Waals surface area contributed by atoms with E-state index in [9.17, 15) is 9.59 Å². The highest BCUT2D eigenvalue weighted by Gasteiger charge is 2.16. The highest BCUT2D eigenvalue weighted by Crippen LogP contribution is 2.25. The van der Waals surface area contributed by atoms with Crippen molar-refractivity contribution >= 4 is 11.8 Å². The largest absolute Gasteiger partial charge is 0.489 e. The van der Waals surface area contributed by atoms with Crippen molar-refractivity contribution in [1.29, 1.82) is 0 Å². The summed E-state index contributed by atoms with van der Waals surface area (Å²) in [7, 11) is 0. The summed E-state index contributed by atoms with van der Waals surface area (Å²) >= 11 is 0. The molecule has 5 nitrogen and oxygen atoms in total. The van der Waals surface area contributed by atoms with Crippen LogP contribution in [-0.2, 0) is 17.8 Å². The maximum Gasteiger partial charge on any atom is 0.303 e. The van der Waals surface area contributed by atoms with Gasteiger partial charge in [0.1, 0.15) is 23.7 Å². The van der Waals surface area contributed by atoms with Gasteiger partial charge in [-0.3, -0.25) is 9.59 Å². The zero-order valence-electron chi connectivity index (χ0n) is 18.6. The fourth-order valence-electron chi connectivity index (χ4n) is 3.23. The van der Waals surface area contributed by atoms with Crippen LogP contribution in [0.15, 0.2) is 72.8 Å². The van der Waals surface area contributed by atoms with Crippen LogP contribution in [0, 0.1) is 0 Å². The van der Waals surface area contributed by atoms with E-state index in [0.717, 1.165) is 5.56 Å². The molecule has 0 amide bonds. The Bertz CT molecular complexity index is 1060. The summed E-state index contributed by atoms with van der Waals surface area (Å²) in [6, 6.07) is 21.9. The summed E-state index contributed by atoms with van der Waals surface area (Å²) < 4.78 is 11.7. The van der Waals surface area contributed by atoms with Crippen LogP contribution in [0.25, 0.3) is 0 Å². The van der Waals surface area contributed by atoms with Crippen molar-refractivity contribution in [3.8, 4) is 11.5 Å². The van der Waals surface area contributed by atoms with E-state index in [1.54, 1.807) is 42.5 Å². The van der Waals surface area contributed by atoms with Crippen molar-refractivity contribution in [3.63, 3.8) is 0 Å². The normalized spacial score (nSPS) is 11.1. The van der Waals surface area contributed by atoms with Gasteiger partial charge < -0.3 is 14.6 Å². The second kappa shape index (κ2) is 10.1. The van der Waals surface area contributed by atoms with Gasteiger partial charge in [0.15, 0.2) is 5.78 Å². The number of ketones is 1. The third kappa shape index (κ3) is 6.71. The Morgan fingerprint density at radius 1 is 0.875 bits per heavy atom. The molecule has 3 rings (SSSR count). The van der Waals surface area contributed by atoms with Crippen molar-refractivity contribution in [2.24, 2.45) is 0 Å². The minimum atomic E-state index is -0.898. The monoisotopic (exact) mass is 432 g/mol. The molecule has 0 aliphatic heterocycles. The van der Waals surface area contributed by atoms with Gasteiger partial charge in [0.25, 0.3) is 0 Å². The molecule has 1 N–H and O–H groups in total. The first kappa shape index (κ1) is 23.1. The number of carboxylic acids is 1. The Balaban J connectivity index is 1.80. The molecule has 0 unspecified atom stereocenters. The van der Waals surface area contributed by atoms with E-state index >= 15 is 0 Å². The molecule has 0 atom stereocenters. The molecule has 0 aliphatic rings. The molecule has 0 aromatic heterocycles. The van der Waals surface area contributed by atoms with Crippen LogP contribution >= 0.6 is 0 Å². The van der Waals surface area contributed by atoms with Gasteiger partial charge in [-0.1, -0.05) is 30.3 Å². The van der Waals surface area contributed by atoms with E-state index in [0.29, 0.717) is 34.8 Å². The molecule has 0 saturated carbocycles. The Morgan fingerprint density at radius 3 is 2.16 bits per heavy atom. The molecular weight excluding hydrogens is 404 g/mol. The zero-order valence-corrected chi connectivity index (χ0v) is 18.6. The lowest BCUT2D eigenvalue weighted by atomic mass is 9.98. The molecule has 0 heterocycles. The van der Waals surface area contributed by atoms with Crippen LogP contribution < -0.4 is 9.47 Å². The molecule has 0 saturated heterocycles. The van der Waals surface area contributed by atoms with Crippen LogP contribution in [0.4, 0.5) is 0 Å². The van der Waals surface area contributed by atoms with Gasteiger partial charge in [0.2, 0.25) is 0 Å². The summed E-state index contributed by atoms with van der Waals surface area (Å²) in [5.41, 5.74) is 2.41. The van der Waals surface area contributed by atoms with Crippen LogP contribution in [0.1, 0.15) is 54.2 Å². The number of rotatable bonds is 9. The predicted molar refractivity (Wildman–Crippen MR) is 123 cm³/mol. The number of aryl methyl sites for hydroxylation is 1. The minimum Gasteiger partial charge on any atom is -0.489 e. The lowest BCUT2D eigenvalue weighted by Crippen LogP contribution is -2.22. The first-order valence-corrected chi connectivity index (χ1v) is 10.6. The minimum absolute atomic E-state index is 0.0435. The lowest BCUT2D eigenvalue weighted by molar-refractivity contribution is -0.136. The van der Waals surface area contributed by atoms with E-state index < -0.39 is 5.97 Å². The maximum absolute atomic E-state index is 13.0. The van der Waals surface area contributed by atoms with Crippen LogP contribution in [0.3, 0.4) is 0 Å². The topological polar surface area (TPSA) is 72.8 Å². The molecule has 32 heavy (non-hydrogen) atoms. The average molecular weight is 433 g/mol. The quantitative estimate of drug-likeness (QED) is 0.440. The fraction of sp³-hybridized carbons (Fsp3) is 0.259. The molecule has 3 aromatic carbocycles. The van der Waals surface area contributed by atoms with E-state index in [-0.39, 0.29) is 24.2 Å². The molecule has 3 aromatic rings. The summed E-state index contributed by atoms with van der Waals surface area (Å²) in [5, 5.41) is 9.12. The third-order valence-corrected chi connectivity index (χ3v) is 4.71. The second-order valence-corrected chi connectivity index (χ2v) is 8.56. The van der Waals surface area contributed by atoms with E-state index in [1.165, 1.54) is 0 Å². The van der Waals surface area contributed by atoms with E-state index in [2.05, 4.69) is 0 Å². The van der Waals surface area contributed by atoms with Crippen LogP contribution in [0.2, 0.25) is 0 Å². The Labute approximate surface area is 188 Å². The molecular formula is C27H28O5. The van der Waals surface area contributed by atoms with Crippen molar-refractivity contribution in [3.05, 3.63) is 95.1 Å². The number of hydrogen-bond donors (Lipinski definition) is 1.